The fourth-order valence-corrected chi connectivity index (χ4v) is 3.23. The summed E-state index contributed by atoms with van der Waals surface area (Å²) in [7, 11) is 0. The van der Waals surface area contributed by atoms with E-state index < -0.39 is 17.9 Å². The summed E-state index contributed by atoms with van der Waals surface area (Å²) in [6.07, 6.45) is 0.232. The minimum Gasteiger partial charge on any atom is -0.481 e. The number of fused-ring (bicyclic) bond motifs is 1. The van der Waals surface area contributed by atoms with Crippen LogP contribution in [0.5, 0.6) is 11.5 Å². The van der Waals surface area contributed by atoms with Gasteiger partial charge in [0.1, 0.15) is 0 Å². The molecule has 6 nitrogen and oxygen atoms in total. The van der Waals surface area contributed by atoms with Crippen molar-refractivity contribution in [3.05, 3.63) is 18.2 Å². The van der Waals surface area contributed by atoms with E-state index >= 15 is 0 Å². The van der Waals surface area contributed by atoms with Gasteiger partial charge in [-0.05, 0) is 25.0 Å². The number of piperidine rings is 1. The lowest BCUT2D eigenvalue weighted by Gasteiger charge is -2.40. The fourth-order valence-electron chi connectivity index (χ4n) is 3.23. The van der Waals surface area contributed by atoms with Gasteiger partial charge < -0.3 is 19.5 Å². The first-order valence-electron chi connectivity index (χ1n) is 6.93. The minimum atomic E-state index is -0.867. The molecule has 1 saturated heterocycles. The molecule has 2 aliphatic heterocycles. The molecule has 0 aliphatic carbocycles. The number of carboxylic acids is 1. The summed E-state index contributed by atoms with van der Waals surface area (Å²) in [4.78, 5) is 25.4. The van der Waals surface area contributed by atoms with Crippen molar-refractivity contribution < 1.29 is 24.2 Å². The molecule has 1 amide bonds. The molecule has 0 aromatic heterocycles. The molecule has 0 bridgehead atoms. The average Bonchev–Trinajstić information content (AvgIpc) is 2.84. The van der Waals surface area contributed by atoms with Gasteiger partial charge in [0, 0.05) is 24.2 Å². The lowest BCUT2D eigenvalue weighted by Crippen LogP contribution is -2.53. The molecule has 1 aromatic rings. The molecule has 2 aliphatic rings. The summed E-state index contributed by atoms with van der Waals surface area (Å²) in [5, 5.41) is 9.40. The topological polar surface area (TPSA) is 76.1 Å². The highest BCUT2D eigenvalue weighted by Gasteiger charge is 2.42. The zero-order chi connectivity index (χ0) is 15.1. The van der Waals surface area contributed by atoms with E-state index in [2.05, 4.69) is 0 Å². The molecule has 3 rings (SSSR count). The Kier molecular flexibility index (Phi) is 3.23. The van der Waals surface area contributed by atoms with Crippen LogP contribution in [-0.2, 0) is 9.59 Å². The van der Waals surface area contributed by atoms with Crippen molar-refractivity contribution in [2.45, 2.75) is 26.3 Å². The van der Waals surface area contributed by atoms with Crippen LogP contribution >= 0.6 is 0 Å². The number of carboxylic acid groups (broad SMARTS) is 1. The molecule has 1 fully saturated rings. The van der Waals surface area contributed by atoms with E-state index in [4.69, 9.17) is 9.47 Å². The van der Waals surface area contributed by atoms with Crippen LogP contribution < -0.4 is 14.4 Å². The third-order valence-electron chi connectivity index (χ3n) is 4.22. The Bertz CT molecular complexity index is 600. The lowest BCUT2D eigenvalue weighted by atomic mass is 9.80. The first kappa shape index (κ1) is 13.7. The monoisotopic (exact) mass is 291 g/mol. The summed E-state index contributed by atoms with van der Waals surface area (Å²) >= 11 is 0. The quantitative estimate of drug-likeness (QED) is 0.900. The Morgan fingerprint density at radius 1 is 1.29 bits per heavy atom. The van der Waals surface area contributed by atoms with Gasteiger partial charge in [0.25, 0.3) is 0 Å². The van der Waals surface area contributed by atoms with Gasteiger partial charge in [0.05, 0.1) is 5.92 Å². The molecule has 0 spiro atoms. The van der Waals surface area contributed by atoms with Crippen LogP contribution in [0.2, 0.25) is 0 Å². The van der Waals surface area contributed by atoms with Crippen molar-refractivity contribution in [1.29, 1.82) is 0 Å². The van der Waals surface area contributed by atoms with Gasteiger partial charge in [-0.2, -0.15) is 0 Å². The number of nitrogens with zero attached hydrogens (tertiary/aromatic N) is 1. The van der Waals surface area contributed by atoms with Gasteiger partial charge >= 0.3 is 5.97 Å². The number of carbonyl (C=O) groups excluding carboxylic acids is 1. The molecule has 21 heavy (non-hydrogen) atoms. The second kappa shape index (κ2) is 4.95. The molecular weight excluding hydrogens is 274 g/mol. The van der Waals surface area contributed by atoms with Crippen molar-refractivity contribution in [2.75, 3.05) is 11.7 Å². The van der Waals surface area contributed by atoms with Crippen molar-refractivity contribution in [2.24, 2.45) is 11.8 Å². The number of ether oxygens (including phenoxy) is 2. The maximum absolute atomic E-state index is 12.3. The van der Waals surface area contributed by atoms with Crippen LogP contribution in [0.25, 0.3) is 0 Å². The van der Waals surface area contributed by atoms with E-state index in [1.165, 1.54) is 0 Å². The fraction of sp³-hybridized carbons (Fsp3) is 0.467. The van der Waals surface area contributed by atoms with Crippen LogP contribution in [0.3, 0.4) is 0 Å². The molecule has 1 N–H and O–H groups in total. The minimum absolute atomic E-state index is 0.0636. The number of amides is 1. The Morgan fingerprint density at radius 3 is 2.71 bits per heavy atom. The number of rotatable bonds is 2. The van der Waals surface area contributed by atoms with E-state index in [0.717, 1.165) is 0 Å². The van der Waals surface area contributed by atoms with Gasteiger partial charge in [-0.3, -0.25) is 9.59 Å². The van der Waals surface area contributed by atoms with Gasteiger partial charge in [-0.25, -0.2) is 0 Å². The Morgan fingerprint density at radius 2 is 2.00 bits per heavy atom. The van der Waals surface area contributed by atoms with Gasteiger partial charge in [-0.15, -0.1) is 0 Å². The standard InChI is InChI=1S/C15H17NO5/c1-8-5-13(17)16(9(2)14(8)15(18)19)10-3-4-11-12(6-10)21-7-20-11/h3-4,6,8-9,14H,5,7H2,1-2H3,(H,18,19). The SMILES string of the molecule is CC1CC(=O)N(c2ccc3c(c2)OCO3)C(C)C1C(=O)O. The number of anilines is 1. The molecule has 1 aromatic carbocycles. The highest BCUT2D eigenvalue weighted by Crippen LogP contribution is 2.39. The first-order chi connectivity index (χ1) is 9.99. The molecule has 6 heteroatoms. The Labute approximate surface area is 122 Å². The van der Waals surface area contributed by atoms with E-state index in [0.29, 0.717) is 17.2 Å². The Hall–Kier alpha value is -2.24. The number of hydrogen-bond donors (Lipinski definition) is 1. The molecule has 0 saturated carbocycles. The van der Waals surface area contributed by atoms with E-state index in [-0.39, 0.29) is 25.0 Å². The second-order valence-corrected chi connectivity index (χ2v) is 5.59. The summed E-state index contributed by atoms with van der Waals surface area (Å²) in [5.74, 6) is -0.458. The molecular formula is C15H17NO5. The summed E-state index contributed by atoms with van der Waals surface area (Å²) < 4.78 is 10.6. The number of carbonyl (C=O) groups is 2. The molecule has 3 unspecified atom stereocenters. The van der Waals surface area contributed by atoms with Crippen molar-refractivity contribution in [3.63, 3.8) is 0 Å². The first-order valence-corrected chi connectivity index (χ1v) is 6.93. The van der Waals surface area contributed by atoms with E-state index in [9.17, 15) is 14.7 Å². The lowest BCUT2D eigenvalue weighted by molar-refractivity contribution is -0.146. The third kappa shape index (κ3) is 2.20. The predicted molar refractivity (Wildman–Crippen MR) is 74.4 cm³/mol. The van der Waals surface area contributed by atoms with Crippen molar-refractivity contribution in [1.82, 2.24) is 0 Å². The third-order valence-corrected chi connectivity index (χ3v) is 4.22. The second-order valence-electron chi connectivity index (χ2n) is 5.59. The Balaban J connectivity index is 1.96. The molecule has 3 atom stereocenters. The van der Waals surface area contributed by atoms with Crippen LogP contribution in [0.4, 0.5) is 5.69 Å². The summed E-state index contributed by atoms with van der Waals surface area (Å²) in [6.45, 7) is 3.75. The summed E-state index contributed by atoms with van der Waals surface area (Å²) in [5.41, 5.74) is 0.648. The highest BCUT2D eigenvalue weighted by atomic mass is 16.7. The van der Waals surface area contributed by atoms with Gasteiger partial charge in [0.2, 0.25) is 12.7 Å². The van der Waals surface area contributed by atoms with Gasteiger partial charge in [0.15, 0.2) is 11.5 Å². The van der Waals surface area contributed by atoms with E-state index in [1.807, 2.05) is 6.92 Å². The highest BCUT2D eigenvalue weighted by molar-refractivity contribution is 5.97. The maximum atomic E-state index is 12.3. The molecule has 0 radical (unpaired) electrons. The molecule has 2 heterocycles. The number of aliphatic carboxylic acids is 1. The zero-order valence-corrected chi connectivity index (χ0v) is 11.9. The van der Waals surface area contributed by atoms with Gasteiger partial charge in [-0.1, -0.05) is 6.92 Å². The predicted octanol–water partition coefficient (Wildman–Crippen LogP) is 1.88. The van der Waals surface area contributed by atoms with Crippen molar-refractivity contribution in [3.8, 4) is 11.5 Å². The maximum Gasteiger partial charge on any atom is 0.308 e. The average molecular weight is 291 g/mol. The van der Waals surface area contributed by atoms with Crippen LogP contribution in [-0.4, -0.2) is 29.8 Å². The smallest absolute Gasteiger partial charge is 0.308 e. The van der Waals surface area contributed by atoms with E-state index in [1.54, 1.807) is 30.0 Å². The number of hydrogen-bond acceptors (Lipinski definition) is 4. The van der Waals surface area contributed by atoms with Crippen LogP contribution in [0.1, 0.15) is 20.3 Å². The normalized spacial score (nSPS) is 27.8. The zero-order valence-electron chi connectivity index (χ0n) is 11.9. The number of benzene rings is 1. The van der Waals surface area contributed by atoms with Crippen molar-refractivity contribution >= 4 is 17.6 Å². The molecule has 112 valence electrons. The van der Waals surface area contributed by atoms with Crippen LogP contribution in [0.15, 0.2) is 18.2 Å². The van der Waals surface area contributed by atoms with Crippen LogP contribution in [0, 0.1) is 11.8 Å². The largest absolute Gasteiger partial charge is 0.481 e. The summed E-state index contributed by atoms with van der Waals surface area (Å²) in [6, 6.07) is 4.83.